The summed E-state index contributed by atoms with van der Waals surface area (Å²) in [6.45, 7) is 2.14. The van der Waals surface area contributed by atoms with Crippen LogP contribution < -0.4 is 11.1 Å². The highest BCUT2D eigenvalue weighted by atomic mass is 16.4. The fourth-order valence-electron chi connectivity index (χ4n) is 1.44. The van der Waals surface area contributed by atoms with Crippen LogP contribution in [0, 0.1) is 5.92 Å². The Morgan fingerprint density at radius 2 is 2.38 bits per heavy atom. The number of nitrogens with zero attached hydrogens (tertiary/aromatic N) is 2. The number of nitrogens with one attached hydrogen (secondary N) is 1. The number of hydrogen-bond acceptors (Lipinski definition) is 5. The van der Waals surface area contributed by atoms with E-state index in [2.05, 4.69) is 10.5 Å². The minimum Gasteiger partial charge on any atom is -0.409 e. The fraction of sp³-hybridized carbons (Fsp3) is 0.667. The van der Waals surface area contributed by atoms with Gasteiger partial charge >= 0.3 is 0 Å². The van der Waals surface area contributed by atoms with Crippen LogP contribution in [0.3, 0.4) is 0 Å². The van der Waals surface area contributed by atoms with Gasteiger partial charge in [0.2, 0.25) is 11.8 Å². The molecule has 0 bridgehead atoms. The third-order valence-corrected chi connectivity index (χ3v) is 2.67. The van der Waals surface area contributed by atoms with E-state index in [0.717, 1.165) is 4.90 Å². The Labute approximate surface area is 93.3 Å². The molecule has 0 aromatic heterocycles. The van der Waals surface area contributed by atoms with Crippen molar-refractivity contribution in [3.8, 4) is 0 Å². The zero-order chi connectivity index (χ0) is 12.3. The van der Waals surface area contributed by atoms with Crippen LogP contribution in [-0.2, 0) is 9.59 Å². The van der Waals surface area contributed by atoms with Gasteiger partial charge in [-0.3, -0.25) is 14.5 Å². The van der Waals surface area contributed by atoms with Gasteiger partial charge in [0.05, 0.1) is 12.5 Å². The van der Waals surface area contributed by atoms with Crippen molar-refractivity contribution in [1.82, 2.24) is 10.2 Å². The monoisotopic (exact) mass is 228 g/mol. The van der Waals surface area contributed by atoms with Crippen LogP contribution in [0.5, 0.6) is 0 Å². The molecule has 0 radical (unpaired) electrons. The van der Waals surface area contributed by atoms with Crippen LogP contribution in [0.15, 0.2) is 5.16 Å². The molecule has 2 unspecified atom stereocenters. The number of imide groups is 1. The minimum atomic E-state index is -0.494. The molecule has 7 heteroatoms. The van der Waals surface area contributed by atoms with Gasteiger partial charge in [0.25, 0.3) is 0 Å². The molecule has 0 aromatic rings. The molecule has 1 saturated heterocycles. The first-order valence-corrected chi connectivity index (χ1v) is 4.98. The summed E-state index contributed by atoms with van der Waals surface area (Å²) >= 11 is 0. The Morgan fingerprint density at radius 3 is 2.81 bits per heavy atom. The van der Waals surface area contributed by atoms with Crippen LogP contribution in [0.25, 0.3) is 0 Å². The normalized spacial score (nSPS) is 24.0. The largest absolute Gasteiger partial charge is 0.409 e. The van der Waals surface area contributed by atoms with E-state index in [-0.39, 0.29) is 30.0 Å². The highest BCUT2D eigenvalue weighted by Crippen LogP contribution is 2.10. The second kappa shape index (κ2) is 4.93. The molecule has 4 N–H and O–H groups in total. The van der Waals surface area contributed by atoms with Gasteiger partial charge in [-0.2, -0.15) is 0 Å². The summed E-state index contributed by atoms with van der Waals surface area (Å²) in [4.78, 5) is 23.8. The number of carbonyl (C=O) groups excluding carboxylic acids is 2. The van der Waals surface area contributed by atoms with E-state index in [1.807, 2.05) is 0 Å². The van der Waals surface area contributed by atoms with E-state index in [4.69, 9.17) is 10.9 Å². The third-order valence-electron chi connectivity index (χ3n) is 2.67. The Balaban J connectivity index is 2.46. The lowest BCUT2D eigenvalue weighted by Gasteiger charge is -2.14. The van der Waals surface area contributed by atoms with Crippen molar-refractivity contribution in [1.29, 1.82) is 0 Å². The van der Waals surface area contributed by atoms with Crippen LogP contribution in [0.4, 0.5) is 0 Å². The van der Waals surface area contributed by atoms with Crippen molar-refractivity contribution in [2.75, 3.05) is 13.6 Å². The van der Waals surface area contributed by atoms with Gasteiger partial charge in [0.1, 0.15) is 5.84 Å². The van der Waals surface area contributed by atoms with Gasteiger partial charge in [-0.25, -0.2) is 0 Å². The van der Waals surface area contributed by atoms with Gasteiger partial charge in [-0.05, 0) is 0 Å². The average molecular weight is 228 g/mol. The summed E-state index contributed by atoms with van der Waals surface area (Å²) in [5.74, 6) is -0.535. The summed E-state index contributed by atoms with van der Waals surface area (Å²) in [6.07, 6.45) is 0.165. The second-order valence-electron chi connectivity index (χ2n) is 3.88. The van der Waals surface area contributed by atoms with Crippen LogP contribution in [0.1, 0.15) is 13.3 Å². The number of likely N-dealkylation sites (tertiary alicyclic amines) is 1. The van der Waals surface area contributed by atoms with Gasteiger partial charge in [-0.15, -0.1) is 0 Å². The fourth-order valence-corrected chi connectivity index (χ4v) is 1.44. The third kappa shape index (κ3) is 2.48. The first kappa shape index (κ1) is 12.4. The zero-order valence-corrected chi connectivity index (χ0v) is 9.30. The summed E-state index contributed by atoms with van der Waals surface area (Å²) in [5.41, 5.74) is 5.39. The molecular weight excluding hydrogens is 212 g/mol. The number of nitrogens with two attached hydrogens (primary N) is 1. The Bertz CT molecular complexity index is 329. The number of rotatable bonds is 4. The van der Waals surface area contributed by atoms with E-state index >= 15 is 0 Å². The maximum atomic E-state index is 11.5. The maximum Gasteiger partial charge on any atom is 0.246 e. The van der Waals surface area contributed by atoms with E-state index < -0.39 is 6.04 Å². The Morgan fingerprint density at radius 1 is 1.75 bits per heavy atom. The SMILES string of the molecule is CC(CNC1CC(=O)N(C)C1=O)C(N)=NO. The molecule has 2 amide bonds. The second-order valence-corrected chi connectivity index (χ2v) is 3.88. The molecule has 0 spiro atoms. The van der Waals surface area contributed by atoms with Crippen molar-refractivity contribution in [2.45, 2.75) is 19.4 Å². The Kier molecular flexibility index (Phi) is 3.83. The average Bonchev–Trinajstić information content (AvgIpc) is 2.52. The molecule has 2 atom stereocenters. The van der Waals surface area contributed by atoms with Gasteiger partial charge in [0, 0.05) is 19.5 Å². The lowest BCUT2D eigenvalue weighted by Crippen LogP contribution is -2.41. The molecule has 1 aliphatic rings. The van der Waals surface area contributed by atoms with E-state index in [0.29, 0.717) is 6.54 Å². The van der Waals surface area contributed by atoms with Crippen LogP contribution >= 0.6 is 0 Å². The van der Waals surface area contributed by atoms with Gasteiger partial charge < -0.3 is 16.3 Å². The smallest absolute Gasteiger partial charge is 0.246 e. The quantitative estimate of drug-likeness (QED) is 0.182. The van der Waals surface area contributed by atoms with Crippen LogP contribution in [0.2, 0.25) is 0 Å². The van der Waals surface area contributed by atoms with Crippen LogP contribution in [-0.4, -0.2) is 47.4 Å². The topological polar surface area (TPSA) is 108 Å². The molecule has 0 aromatic carbocycles. The van der Waals surface area contributed by atoms with Crippen molar-refractivity contribution in [3.63, 3.8) is 0 Å². The van der Waals surface area contributed by atoms with Crippen molar-refractivity contribution < 1.29 is 14.8 Å². The predicted molar refractivity (Wildman–Crippen MR) is 56.8 cm³/mol. The molecule has 0 aliphatic carbocycles. The predicted octanol–water partition coefficient (Wildman–Crippen LogP) is -1.28. The van der Waals surface area contributed by atoms with E-state index in [1.54, 1.807) is 6.92 Å². The Hall–Kier alpha value is -1.63. The van der Waals surface area contributed by atoms with Gasteiger partial charge in [0.15, 0.2) is 0 Å². The first-order chi connectivity index (χ1) is 7.47. The number of hydrogen-bond donors (Lipinski definition) is 3. The molecular formula is C9H16N4O3. The van der Waals surface area contributed by atoms with Gasteiger partial charge in [-0.1, -0.05) is 12.1 Å². The molecule has 7 nitrogen and oxygen atoms in total. The number of amidine groups is 1. The number of amides is 2. The molecule has 0 saturated carbocycles. The molecule has 1 fully saturated rings. The molecule has 16 heavy (non-hydrogen) atoms. The van der Waals surface area contributed by atoms with E-state index in [1.165, 1.54) is 7.05 Å². The standard InChI is InChI=1S/C9H16N4O3/c1-5(8(10)12-16)4-11-6-3-7(14)13(2)9(6)15/h5-6,11,16H,3-4H2,1-2H3,(H2,10,12). The number of likely N-dealkylation sites (N-methyl/N-ethyl adjacent to an activating group) is 1. The summed E-state index contributed by atoms with van der Waals surface area (Å²) in [5, 5.41) is 14.2. The molecule has 1 aliphatic heterocycles. The summed E-state index contributed by atoms with van der Waals surface area (Å²) in [7, 11) is 1.46. The molecule has 90 valence electrons. The lowest BCUT2D eigenvalue weighted by molar-refractivity contribution is -0.137. The molecule has 1 heterocycles. The lowest BCUT2D eigenvalue weighted by atomic mass is 10.1. The minimum absolute atomic E-state index is 0.0950. The maximum absolute atomic E-state index is 11.5. The molecule has 1 rings (SSSR count). The first-order valence-electron chi connectivity index (χ1n) is 4.98. The summed E-state index contributed by atoms with van der Waals surface area (Å²) < 4.78 is 0. The van der Waals surface area contributed by atoms with E-state index in [9.17, 15) is 9.59 Å². The zero-order valence-electron chi connectivity index (χ0n) is 9.30. The number of oxime groups is 1. The number of carbonyl (C=O) groups is 2. The van der Waals surface area contributed by atoms with Crippen molar-refractivity contribution in [2.24, 2.45) is 16.8 Å². The highest BCUT2D eigenvalue weighted by Gasteiger charge is 2.35. The van der Waals surface area contributed by atoms with Crippen molar-refractivity contribution in [3.05, 3.63) is 0 Å². The van der Waals surface area contributed by atoms with Crippen molar-refractivity contribution >= 4 is 17.6 Å². The summed E-state index contributed by atoms with van der Waals surface area (Å²) in [6, 6.07) is -0.494. The highest BCUT2D eigenvalue weighted by molar-refractivity contribution is 6.05.